The molecule has 42 heavy (non-hydrogen) atoms. The average molecular weight is 575 g/mol. The monoisotopic (exact) mass is 574 g/mol. The van der Waals surface area contributed by atoms with E-state index in [9.17, 15) is 19.6 Å². The van der Waals surface area contributed by atoms with Gasteiger partial charge < -0.3 is 23.5 Å². The molecule has 3 aromatic rings. The molecule has 1 aliphatic rings. The summed E-state index contributed by atoms with van der Waals surface area (Å²) in [4.78, 5) is 39.1. The zero-order valence-electron chi connectivity index (χ0n) is 25.0. The molecular weight excluding hydrogens is 536 g/mol. The van der Waals surface area contributed by atoms with Gasteiger partial charge in [0, 0.05) is 18.0 Å². The van der Waals surface area contributed by atoms with E-state index in [2.05, 4.69) is 6.07 Å². The molecule has 4 atom stereocenters. The van der Waals surface area contributed by atoms with Crippen molar-refractivity contribution in [3.05, 3.63) is 71.9 Å². The first-order chi connectivity index (χ1) is 19.8. The van der Waals surface area contributed by atoms with Crippen LogP contribution in [0.4, 0.5) is 0 Å². The lowest BCUT2D eigenvalue weighted by Crippen LogP contribution is -2.52. The van der Waals surface area contributed by atoms with Gasteiger partial charge in [-0.2, -0.15) is 5.26 Å². The second-order valence-corrected chi connectivity index (χ2v) is 12.6. The van der Waals surface area contributed by atoms with Crippen molar-refractivity contribution in [2.24, 2.45) is 10.8 Å². The number of benzene rings is 2. The fraction of sp³-hybridized carbons (Fsp3) is 0.455. The number of hydrogen-bond donors (Lipinski definition) is 0. The number of nitriles is 1. The lowest BCUT2D eigenvalue weighted by Gasteiger charge is -2.42. The Kier molecular flexibility index (Phi) is 9.07. The van der Waals surface area contributed by atoms with Gasteiger partial charge in [0.05, 0.1) is 40.5 Å². The Morgan fingerprint density at radius 2 is 1.55 bits per heavy atom. The summed E-state index contributed by atoms with van der Waals surface area (Å²) in [5.41, 5.74) is 0.276. The maximum absolute atomic E-state index is 13.2. The first-order valence-electron chi connectivity index (χ1n) is 14.0. The third-order valence-electron chi connectivity index (χ3n) is 6.98. The Bertz CT molecular complexity index is 1470. The molecule has 1 aromatic heterocycles. The minimum absolute atomic E-state index is 0.113. The molecule has 9 heteroatoms. The molecule has 4 rings (SSSR count). The van der Waals surface area contributed by atoms with E-state index in [-0.39, 0.29) is 19.4 Å². The van der Waals surface area contributed by atoms with Crippen molar-refractivity contribution < 1.29 is 33.3 Å². The van der Waals surface area contributed by atoms with E-state index in [0.717, 1.165) is 16.5 Å². The molecule has 0 saturated carbocycles. The number of nitrogens with zero attached hydrogens (tertiary/aromatic N) is 2. The summed E-state index contributed by atoms with van der Waals surface area (Å²) in [5.74, 6) is -1.46. The Labute approximate surface area is 246 Å². The standard InChI is InChI=1S/C33H38N2O7/c1-32(2,3)30(37)41-26-18-23(20-39-29(36)21-12-8-7-9-13-21)40-28(27(26)42-31(38)33(4,5)6)35-19-22(16-17-34)24-14-10-11-15-25(24)35/h7-15,19,23,26-28H,16,18,20H2,1-6H3/t23-,26-,27-,28-/m0/s1. The summed E-state index contributed by atoms with van der Waals surface area (Å²) in [7, 11) is 0. The summed E-state index contributed by atoms with van der Waals surface area (Å²) in [6, 6.07) is 18.4. The number of fused-ring (bicyclic) bond motifs is 1. The predicted molar refractivity (Wildman–Crippen MR) is 155 cm³/mol. The highest BCUT2D eigenvalue weighted by atomic mass is 16.6. The highest BCUT2D eigenvalue weighted by Crippen LogP contribution is 2.38. The molecule has 9 nitrogen and oxygen atoms in total. The van der Waals surface area contributed by atoms with Crippen molar-refractivity contribution >= 4 is 28.8 Å². The summed E-state index contributed by atoms with van der Waals surface area (Å²) < 4.78 is 26.0. The van der Waals surface area contributed by atoms with Crippen LogP contribution < -0.4 is 0 Å². The SMILES string of the molecule is CC(C)(C)C(=O)O[C@H]1[C@@H](OC(=O)C(C)(C)C)C[C@@H](COC(=O)c2ccccc2)O[C@@H]1n1cc(CC#N)c2ccccc21. The van der Waals surface area contributed by atoms with E-state index in [4.69, 9.17) is 18.9 Å². The molecule has 0 amide bonds. The van der Waals surface area contributed by atoms with Crippen LogP contribution in [0.25, 0.3) is 10.9 Å². The molecule has 1 aliphatic heterocycles. The molecule has 222 valence electrons. The van der Waals surface area contributed by atoms with E-state index >= 15 is 0 Å². The maximum atomic E-state index is 13.2. The zero-order chi connectivity index (χ0) is 30.7. The topological polar surface area (TPSA) is 117 Å². The second-order valence-electron chi connectivity index (χ2n) is 12.6. The van der Waals surface area contributed by atoms with Gasteiger partial charge in [0.15, 0.2) is 12.3 Å². The van der Waals surface area contributed by atoms with Crippen LogP contribution in [0.1, 0.15) is 70.1 Å². The smallest absolute Gasteiger partial charge is 0.338 e. The average Bonchev–Trinajstić information content (AvgIpc) is 3.30. The molecular formula is C33H38N2O7. The number of carbonyl (C=O) groups excluding carboxylic acids is 3. The highest BCUT2D eigenvalue weighted by molar-refractivity contribution is 5.89. The van der Waals surface area contributed by atoms with E-state index in [1.165, 1.54) is 0 Å². The Balaban J connectivity index is 1.75. The molecule has 1 fully saturated rings. The number of hydrogen-bond acceptors (Lipinski definition) is 8. The van der Waals surface area contributed by atoms with Gasteiger partial charge in [-0.1, -0.05) is 36.4 Å². The molecule has 0 aliphatic carbocycles. The molecule has 0 N–H and O–H groups in total. The van der Waals surface area contributed by atoms with E-state index in [1.54, 1.807) is 78.1 Å². The van der Waals surface area contributed by atoms with Crippen LogP contribution in [0.15, 0.2) is 60.8 Å². The highest BCUT2D eigenvalue weighted by Gasteiger charge is 2.47. The number of aromatic nitrogens is 1. The van der Waals surface area contributed by atoms with Crippen LogP contribution in [-0.2, 0) is 35.0 Å². The van der Waals surface area contributed by atoms with Crippen molar-refractivity contribution in [1.29, 1.82) is 5.26 Å². The maximum Gasteiger partial charge on any atom is 0.338 e. The first-order valence-corrected chi connectivity index (χ1v) is 14.0. The van der Waals surface area contributed by atoms with Gasteiger partial charge in [-0.15, -0.1) is 0 Å². The molecule has 0 radical (unpaired) electrons. The van der Waals surface area contributed by atoms with E-state index in [0.29, 0.717) is 5.56 Å². The molecule has 0 bridgehead atoms. The van der Waals surface area contributed by atoms with Crippen molar-refractivity contribution in [1.82, 2.24) is 4.57 Å². The summed E-state index contributed by atoms with van der Waals surface area (Å²) >= 11 is 0. The van der Waals surface area contributed by atoms with Crippen molar-refractivity contribution in [3.63, 3.8) is 0 Å². The van der Waals surface area contributed by atoms with Crippen LogP contribution in [0.2, 0.25) is 0 Å². The van der Waals surface area contributed by atoms with Crippen LogP contribution >= 0.6 is 0 Å². The van der Waals surface area contributed by atoms with Gasteiger partial charge in [-0.05, 0) is 65.3 Å². The predicted octanol–water partition coefficient (Wildman–Crippen LogP) is 5.77. The Hall–Kier alpha value is -4.16. The summed E-state index contributed by atoms with van der Waals surface area (Å²) in [5, 5.41) is 10.3. The van der Waals surface area contributed by atoms with Crippen molar-refractivity contribution in [3.8, 4) is 6.07 Å². The number of rotatable bonds is 7. The minimum Gasteiger partial charge on any atom is -0.459 e. The summed E-state index contributed by atoms with van der Waals surface area (Å²) in [6.07, 6.45) is -1.46. The van der Waals surface area contributed by atoms with Gasteiger partial charge >= 0.3 is 17.9 Å². The number of esters is 3. The van der Waals surface area contributed by atoms with Gasteiger partial charge in [0.25, 0.3) is 0 Å². The third kappa shape index (κ3) is 7.00. The molecule has 1 saturated heterocycles. The number of ether oxygens (including phenoxy) is 4. The van der Waals surface area contributed by atoms with E-state index < -0.39 is 53.3 Å². The largest absolute Gasteiger partial charge is 0.459 e. The van der Waals surface area contributed by atoms with Crippen LogP contribution in [0.3, 0.4) is 0 Å². The Morgan fingerprint density at radius 3 is 2.19 bits per heavy atom. The number of carbonyl (C=O) groups is 3. The van der Waals surface area contributed by atoms with Crippen molar-refractivity contribution in [2.45, 2.75) is 78.9 Å². The second kappa shape index (κ2) is 12.4. The fourth-order valence-corrected chi connectivity index (χ4v) is 4.64. The van der Waals surface area contributed by atoms with Gasteiger partial charge in [-0.3, -0.25) is 9.59 Å². The van der Waals surface area contributed by atoms with Crippen molar-refractivity contribution in [2.75, 3.05) is 6.61 Å². The normalized spacial score (nSPS) is 20.9. The lowest BCUT2D eigenvalue weighted by molar-refractivity contribution is -0.234. The number of para-hydroxylation sites is 1. The Morgan fingerprint density at radius 1 is 0.929 bits per heavy atom. The van der Waals surface area contributed by atoms with Gasteiger partial charge in [-0.25, -0.2) is 4.79 Å². The molecule has 0 unspecified atom stereocenters. The fourth-order valence-electron chi connectivity index (χ4n) is 4.64. The molecule has 2 heterocycles. The lowest BCUT2D eigenvalue weighted by atomic mass is 9.95. The molecule has 0 spiro atoms. The first kappa shape index (κ1) is 30.8. The van der Waals surface area contributed by atoms with E-state index in [1.807, 2.05) is 28.8 Å². The third-order valence-corrected chi connectivity index (χ3v) is 6.98. The van der Waals surface area contributed by atoms with Crippen LogP contribution in [0, 0.1) is 22.2 Å². The van der Waals surface area contributed by atoms with Gasteiger partial charge in [0.2, 0.25) is 0 Å². The van der Waals surface area contributed by atoms with Crippen LogP contribution in [-0.4, -0.2) is 47.4 Å². The summed E-state index contributed by atoms with van der Waals surface area (Å²) in [6.45, 7) is 10.3. The van der Waals surface area contributed by atoms with Crippen LogP contribution in [0.5, 0.6) is 0 Å². The van der Waals surface area contributed by atoms with Gasteiger partial charge in [0.1, 0.15) is 12.7 Å². The zero-order valence-corrected chi connectivity index (χ0v) is 25.0. The quantitative estimate of drug-likeness (QED) is 0.258. The minimum atomic E-state index is -1.02. The molecule has 2 aromatic carbocycles.